The molecular weight excluding hydrogens is 540 g/mol. The maximum Gasteiger partial charge on any atom is 0.172 e. The van der Waals surface area contributed by atoms with Crippen LogP contribution in [0.25, 0.3) is 18.2 Å². The molecule has 0 aliphatic carbocycles. The van der Waals surface area contributed by atoms with Crippen molar-refractivity contribution in [3.8, 4) is 24.0 Å². The first-order valence-corrected chi connectivity index (χ1v) is 15.1. The number of unbranched alkanes of at least 4 members (excludes halogenated alkanes) is 2. The van der Waals surface area contributed by atoms with E-state index in [1.807, 2.05) is 44.2 Å². The zero-order valence-electron chi connectivity index (χ0n) is 25.1. The van der Waals surface area contributed by atoms with Crippen LogP contribution in [-0.2, 0) is 4.74 Å². The highest BCUT2D eigenvalue weighted by Crippen LogP contribution is 2.40. The van der Waals surface area contributed by atoms with Crippen molar-refractivity contribution in [2.45, 2.75) is 59.0 Å². The van der Waals surface area contributed by atoms with Crippen LogP contribution in [0.3, 0.4) is 0 Å². The molecule has 0 spiro atoms. The van der Waals surface area contributed by atoms with E-state index >= 15 is 0 Å². The minimum Gasteiger partial charge on any atom is -0.496 e. The van der Waals surface area contributed by atoms with E-state index in [-0.39, 0.29) is 16.9 Å². The van der Waals surface area contributed by atoms with Gasteiger partial charge in [0.1, 0.15) is 35.1 Å². The van der Waals surface area contributed by atoms with Crippen molar-refractivity contribution >= 4 is 35.3 Å². The van der Waals surface area contributed by atoms with E-state index in [2.05, 4.69) is 67.3 Å². The van der Waals surface area contributed by atoms with Crippen LogP contribution in [0, 0.1) is 34.0 Å². The minimum absolute atomic E-state index is 0.0439. The van der Waals surface area contributed by atoms with E-state index in [1.165, 1.54) is 31.4 Å². The standard InChI is InChI=1S/C35H38N4O2S/c1-6-8-20-39(21-9-7-2)28-16-14-26(33(22-28)40-5)15-17-30-19-18-29(42-30)12-10-11-13-32-31(25-38)34(27(23-36)24-37)41-35(32,3)4/h10-19,22H,6-9,20-21H2,1-5H3/b12-10+,13-11+,17-15+. The summed E-state index contributed by atoms with van der Waals surface area (Å²) < 4.78 is 11.6. The van der Waals surface area contributed by atoms with Crippen molar-refractivity contribution in [3.63, 3.8) is 0 Å². The van der Waals surface area contributed by atoms with E-state index in [1.54, 1.807) is 24.5 Å². The highest BCUT2D eigenvalue weighted by molar-refractivity contribution is 7.13. The highest BCUT2D eigenvalue weighted by atomic mass is 32.1. The number of hydrogen-bond acceptors (Lipinski definition) is 7. The molecule has 3 rings (SSSR count). The third kappa shape index (κ3) is 8.03. The molecule has 0 radical (unpaired) electrons. The zero-order chi connectivity index (χ0) is 30.5. The average molecular weight is 579 g/mol. The summed E-state index contributed by atoms with van der Waals surface area (Å²) in [5.41, 5.74) is 2.05. The average Bonchev–Trinajstić information content (AvgIpc) is 3.55. The van der Waals surface area contributed by atoms with Gasteiger partial charge in [-0.3, -0.25) is 0 Å². The number of nitriles is 3. The predicted molar refractivity (Wildman–Crippen MR) is 172 cm³/mol. The molecule has 0 amide bonds. The Morgan fingerprint density at radius 1 is 0.929 bits per heavy atom. The van der Waals surface area contributed by atoms with Gasteiger partial charge in [0.15, 0.2) is 11.3 Å². The summed E-state index contributed by atoms with van der Waals surface area (Å²) in [4.78, 5) is 4.66. The van der Waals surface area contributed by atoms with Crippen LogP contribution in [0.1, 0.15) is 68.7 Å². The smallest absolute Gasteiger partial charge is 0.172 e. The van der Waals surface area contributed by atoms with Crippen LogP contribution in [0.15, 0.2) is 71.0 Å². The molecule has 1 aromatic heterocycles. The van der Waals surface area contributed by atoms with Crippen molar-refractivity contribution in [1.29, 1.82) is 15.8 Å². The summed E-state index contributed by atoms with van der Waals surface area (Å²) in [6, 6.07) is 16.3. The van der Waals surface area contributed by atoms with Gasteiger partial charge in [-0.25, -0.2) is 0 Å². The second-order valence-electron chi connectivity index (χ2n) is 10.4. The molecule has 42 heavy (non-hydrogen) atoms. The van der Waals surface area contributed by atoms with E-state index in [9.17, 15) is 15.8 Å². The van der Waals surface area contributed by atoms with Gasteiger partial charge in [-0.05, 0) is 69.2 Å². The van der Waals surface area contributed by atoms with Crippen molar-refractivity contribution in [2.75, 3.05) is 25.1 Å². The number of nitrogens with zero attached hydrogens (tertiary/aromatic N) is 4. The van der Waals surface area contributed by atoms with Crippen molar-refractivity contribution in [3.05, 3.63) is 86.4 Å². The van der Waals surface area contributed by atoms with Crippen LogP contribution in [0.4, 0.5) is 5.69 Å². The van der Waals surface area contributed by atoms with Gasteiger partial charge in [0.05, 0.1) is 7.11 Å². The summed E-state index contributed by atoms with van der Waals surface area (Å²) in [6.07, 6.45) is 16.4. The maximum absolute atomic E-state index is 9.67. The summed E-state index contributed by atoms with van der Waals surface area (Å²) in [5.74, 6) is 0.908. The molecule has 0 saturated carbocycles. The molecule has 7 heteroatoms. The summed E-state index contributed by atoms with van der Waals surface area (Å²) in [5, 5.41) is 28.1. The van der Waals surface area contributed by atoms with Gasteiger partial charge in [0.25, 0.3) is 0 Å². The lowest BCUT2D eigenvalue weighted by molar-refractivity contribution is 0.0954. The summed E-state index contributed by atoms with van der Waals surface area (Å²) in [7, 11) is 1.72. The van der Waals surface area contributed by atoms with Crippen LogP contribution in [0.2, 0.25) is 0 Å². The fraction of sp³-hybridized carbons (Fsp3) is 0.343. The predicted octanol–water partition coefficient (Wildman–Crippen LogP) is 8.83. The molecule has 1 aromatic carbocycles. The number of thiophene rings is 1. The van der Waals surface area contributed by atoms with Crippen molar-refractivity contribution < 1.29 is 9.47 Å². The maximum atomic E-state index is 9.67. The Hall–Kier alpha value is -4.51. The lowest BCUT2D eigenvalue weighted by Crippen LogP contribution is -2.25. The van der Waals surface area contributed by atoms with E-state index in [0.717, 1.165) is 34.2 Å². The molecule has 0 bridgehead atoms. The van der Waals surface area contributed by atoms with Gasteiger partial charge in [0, 0.05) is 45.7 Å². The molecule has 0 fully saturated rings. The first-order chi connectivity index (χ1) is 20.3. The number of ether oxygens (including phenoxy) is 2. The third-order valence-corrected chi connectivity index (χ3v) is 7.94. The first kappa shape index (κ1) is 32.0. The number of hydrogen-bond donors (Lipinski definition) is 0. The Morgan fingerprint density at radius 3 is 2.17 bits per heavy atom. The third-order valence-electron chi connectivity index (χ3n) is 6.92. The molecule has 1 aliphatic rings. The monoisotopic (exact) mass is 578 g/mol. The molecule has 0 saturated heterocycles. The number of rotatable bonds is 13. The van der Waals surface area contributed by atoms with Crippen LogP contribution in [0.5, 0.6) is 5.75 Å². The second-order valence-corrected chi connectivity index (χ2v) is 11.5. The van der Waals surface area contributed by atoms with Gasteiger partial charge in [-0.15, -0.1) is 11.3 Å². The molecule has 0 unspecified atom stereocenters. The molecule has 6 nitrogen and oxygen atoms in total. The number of anilines is 1. The highest BCUT2D eigenvalue weighted by Gasteiger charge is 2.38. The Balaban J connectivity index is 1.74. The molecule has 1 aliphatic heterocycles. The lowest BCUT2D eigenvalue weighted by atomic mass is 9.95. The van der Waals surface area contributed by atoms with Crippen LogP contribution < -0.4 is 9.64 Å². The number of methoxy groups -OCH3 is 1. The number of benzene rings is 1. The molecule has 2 heterocycles. The quantitative estimate of drug-likeness (QED) is 0.174. The fourth-order valence-corrected chi connectivity index (χ4v) is 5.43. The van der Waals surface area contributed by atoms with Gasteiger partial charge in [-0.1, -0.05) is 44.9 Å². The molecule has 216 valence electrons. The topological polar surface area (TPSA) is 93.1 Å². The fourth-order valence-electron chi connectivity index (χ4n) is 4.61. The summed E-state index contributed by atoms with van der Waals surface area (Å²) >= 11 is 1.66. The molecular formula is C35H38N4O2S. The Kier molecular flexibility index (Phi) is 11.8. The summed E-state index contributed by atoms with van der Waals surface area (Å²) in [6.45, 7) is 10.2. The van der Waals surface area contributed by atoms with E-state index in [0.29, 0.717) is 5.57 Å². The van der Waals surface area contributed by atoms with Gasteiger partial charge < -0.3 is 14.4 Å². The van der Waals surface area contributed by atoms with Gasteiger partial charge in [-0.2, -0.15) is 15.8 Å². The normalized spacial score (nSPS) is 14.3. The molecule has 2 aromatic rings. The Bertz CT molecular complexity index is 1510. The van der Waals surface area contributed by atoms with Crippen molar-refractivity contribution in [1.82, 2.24) is 0 Å². The number of allylic oxidation sites excluding steroid dienone is 4. The Labute approximate surface area is 254 Å². The molecule has 0 N–H and O–H groups in total. The van der Waals surface area contributed by atoms with E-state index in [4.69, 9.17) is 9.47 Å². The van der Waals surface area contributed by atoms with Gasteiger partial charge >= 0.3 is 0 Å². The van der Waals surface area contributed by atoms with Crippen LogP contribution >= 0.6 is 11.3 Å². The first-order valence-electron chi connectivity index (χ1n) is 14.3. The Morgan fingerprint density at radius 2 is 1.57 bits per heavy atom. The van der Waals surface area contributed by atoms with Crippen molar-refractivity contribution in [2.24, 2.45) is 0 Å². The SMILES string of the molecule is CCCCN(CCCC)c1ccc(/C=C/c2ccc(/C=C/C=C/C3=C(C#N)C(=C(C#N)C#N)OC3(C)C)s2)c(OC)c1. The molecule has 0 atom stereocenters. The second kappa shape index (κ2) is 15.5. The minimum atomic E-state index is -0.826. The van der Waals surface area contributed by atoms with E-state index < -0.39 is 5.60 Å². The zero-order valence-corrected chi connectivity index (χ0v) is 25.9. The lowest BCUT2D eigenvalue weighted by Gasteiger charge is -2.25. The van der Waals surface area contributed by atoms with Gasteiger partial charge in [0.2, 0.25) is 0 Å². The van der Waals surface area contributed by atoms with Crippen LogP contribution in [-0.4, -0.2) is 25.8 Å². The largest absolute Gasteiger partial charge is 0.496 e.